The first-order valence-electron chi connectivity index (χ1n) is 6.74. The predicted molar refractivity (Wildman–Crippen MR) is 75.6 cm³/mol. The quantitative estimate of drug-likeness (QED) is 0.892. The Balaban J connectivity index is 2.00. The second-order valence-corrected chi connectivity index (χ2v) is 4.97. The molecule has 106 valence electrons. The van der Waals surface area contributed by atoms with Gasteiger partial charge in [0.15, 0.2) is 6.61 Å². The molecule has 1 heterocycles. The van der Waals surface area contributed by atoms with Crippen LogP contribution in [0.5, 0.6) is 5.75 Å². The minimum atomic E-state index is 0.00894. The molecule has 0 radical (unpaired) electrons. The summed E-state index contributed by atoms with van der Waals surface area (Å²) in [5, 5.41) is 12.1. The first-order valence-corrected chi connectivity index (χ1v) is 6.74. The Kier molecular flexibility index (Phi) is 4.59. The lowest BCUT2D eigenvalue weighted by Gasteiger charge is -2.27. The molecule has 5 nitrogen and oxygen atoms in total. The van der Waals surface area contributed by atoms with Crippen molar-refractivity contribution in [2.24, 2.45) is 0 Å². The third kappa shape index (κ3) is 3.28. The van der Waals surface area contributed by atoms with Crippen LogP contribution in [-0.2, 0) is 4.79 Å². The van der Waals surface area contributed by atoms with E-state index in [1.807, 2.05) is 18.7 Å². The zero-order chi connectivity index (χ0) is 14.5. The number of aryl methyl sites for hydroxylation is 2. The number of nitrogens with one attached hydrogen (secondary N) is 1. The highest BCUT2D eigenvalue weighted by atomic mass is 16.5. The maximum atomic E-state index is 12.0. The molecule has 1 saturated heterocycles. The Hall–Kier alpha value is -2.06. The topological polar surface area (TPSA) is 65.4 Å². The summed E-state index contributed by atoms with van der Waals surface area (Å²) in [6.45, 7) is 6.95. The molecular formula is C15H19N3O2. The van der Waals surface area contributed by atoms with E-state index in [4.69, 9.17) is 10.00 Å². The molecule has 20 heavy (non-hydrogen) atoms. The molecule has 1 aromatic rings. The van der Waals surface area contributed by atoms with Crippen LogP contribution < -0.4 is 10.1 Å². The molecule has 1 aromatic carbocycles. The molecule has 5 heteroatoms. The number of benzene rings is 1. The van der Waals surface area contributed by atoms with Gasteiger partial charge in [0, 0.05) is 26.2 Å². The van der Waals surface area contributed by atoms with E-state index in [1.54, 1.807) is 12.1 Å². The van der Waals surface area contributed by atoms with Gasteiger partial charge in [-0.25, -0.2) is 0 Å². The summed E-state index contributed by atoms with van der Waals surface area (Å²) in [5.74, 6) is 0.710. The van der Waals surface area contributed by atoms with E-state index in [0.29, 0.717) is 11.3 Å². The van der Waals surface area contributed by atoms with Crippen LogP contribution in [0.4, 0.5) is 0 Å². The summed E-state index contributed by atoms with van der Waals surface area (Å²) >= 11 is 0. The van der Waals surface area contributed by atoms with E-state index in [0.717, 1.165) is 37.3 Å². The van der Waals surface area contributed by atoms with Crippen molar-refractivity contribution in [3.8, 4) is 11.8 Å². The molecule has 1 N–H and O–H groups in total. The molecule has 0 unspecified atom stereocenters. The maximum absolute atomic E-state index is 12.0. The van der Waals surface area contributed by atoms with E-state index in [2.05, 4.69) is 11.4 Å². The van der Waals surface area contributed by atoms with E-state index in [1.165, 1.54) is 0 Å². The molecular weight excluding hydrogens is 254 g/mol. The summed E-state index contributed by atoms with van der Waals surface area (Å²) in [4.78, 5) is 13.8. The largest absolute Gasteiger partial charge is 0.483 e. The third-order valence-electron chi connectivity index (χ3n) is 3.40. The molecule has 1 amide bonds. The Morgan fingerprint density at radius 1 is 1.35 bits per heavy atom. The number of hydrogen-bond acceptors (Lipinski definition) is 4. The number of hydrogen-bond donors (Lipinski definition) is 1. The average molecular weight is 273 g/mol. The molecule has 0 spiro atoms. The van der Waals surface area contributed by atoms with Gasteiger partial charge in [-0.2, -0.15) is 5.26 Å². The van der Waals surface area contributed by atoms with Crippen molar-refractivity contribution in [3.05, 3.63) is 28.8 Å². The number of amides is 1. The van der Waals surface area contributed by atoms with Gasteiger partial charge in [0.2, 0.25) is 0 Å². The lowest BCUT2D eigenvalue weighted by molar-refractivity contribution is -0.133. The van der Waals surface area contributed by atoms with Crippen LogP contribution in [0.3, 0.4) is 0 Å². The van der Waals surface area contributed by atoms with Crippen molar-refractivity contribution in [1.29, 1.82) is 5.26 Å². The standard InChI is InChI=1S/C15H19N3O2/c1-11-7-13(9-16)8-12(2)15(11)20-10-14(19)18-5-3-17-4-6-18/h7-8,17H,3-6,10H2,1-2H3. The van der Waals surface area contributed by atoms with Crippen molar-refractivity contribution in [3.63, 3.8) is 0 Å². The van der Waals surface area contributed by atoms with E-state index in [-0.39, 0.29) is 12.5 Å². The number of rotatable bonds is 3. The van der Waals surface area contributed by atoms with Crippen LogP contribution in [0.25, 0.3) is 0 Å². The minimum absolute atomic E-state index is 0.00894. The molecule has 1 aliphatic rings. The number of nitrogens with zero attached hydrogens (tertiary/aromatic N) is 2. The molecule has 1 fully saturated rings. The minimum Gasteiger partial charge on any atom is -0.483 e. The van der Waals surface area contributed by atoms with Gasteiger partial charge in [-0.05, 0) is 37.1 Å². The second kappa shape index (κ2) is 6.40. The lowest BCUT2D eigenvalue weighted by Crippen LogP contribution is -2.48. The number of carbonyl (C=O) groups excluding carboxylic acids is 1. The Bertz CT molecular complexity index is 520. The number of ether oxygens (including phenoxy) is 1. The fraction of sp³-hybridized carbons (Fsp3) is 0.467. The summed E-state index contributed by atoms with van der Waals surface area (Å²) < 4.78 is 5.66. The first-order chi connectivity index (χ1) is 9.61. The van der Waals surface area contributed by atoms with Gasteiger partial charge in [0.25, 0.3) is 5.91 Å². The van der Waals surface area contributed by atoms with Gasteiger partial charge in [-0.3, -0.25) is 4.79 Å². The van der Waals surface area contributed by atoms with E-state index >= 15 is 0 Å². The fourth-order valence-corrected chi connectivity index (χ4v) is 2.38. The Morgan fingerprint density at radius 3 is 2.50 bits per heavy atom. The van der Waals surface area contributed by atoms with Crippen LogP contribution in [0.15, 0.2) is 12.1 Å². The van der Waals surface area contributed by atoms with Crippen molar-refractivity contribution >= 4 is 5.91 Å². The highest BCUT2D eigenvalue weighted by molar-refractivity contribution is 5.78. The first kappa shape index (κ1) is 14.4. The number of piperazine rings is 1. The van der Waals surface area contributed by atoms with Crippen LogP contribution in [0.2, 0.25) is 0 Å². The SMILES string of the molecule is Cc1cc(C#N)cc(C)c1OCC(=O)N1CCNCC1. The van der Waals surface area contributed by atoms with Crippen molar-refractivity contribution in [1.82, 2.24) is 10.2 Å². The third-order valence-corrected chi connectivity index (χ3v) is 3.40. The molecule has 0 bridgehead atoms. The average Bonchev–Trinajstić information content (AvgIpc) is 2.46. The van der Waals surface area contributed by atoms with Gasteiger partial charge in [0.1, 0.15) is 5.75 Å². The van der Waals surface area contributed by atoms with Gasteiger partial charge < -0.3 is 15.0 Å². The highest BCUT2D eigenvalue weighted by Crippen LogP contribution is 2.24. The van der Waals surface area contributed by atoms with E-state index < -0.39 is 0 Å². The van der Waals surface area contributed by atoms with Crippen molar-refractivity contribution in [2.45, 2.75) is 13.8 Å². The molecule has 2 rings (SSSR count). The zero-order valence-corrected chi connectivity index (χ0v) is 11.9. The van der Waals surface area contributed by atoms with Gasteiger partial charge >= 0.3 is 0 Å². The van der Waals surface area contributed by atoms with E-state index in [9.17, 15) is 4.79 Å². The Labute approximate surface area is 119 Å². The summed E-state index contributed by atoms with van der Waals surface area (Å²) in [6.07, 6.45) is 0. The van der Waals surface area contributed by atoms with Gasteiger partial charge in [-0.1, -0.05) is 0 Å². The highest BCUT2D eigenvalue weighted by Gasteiger charge is 2.17. The summed E-state index contributed by atoms with van der Waals surface area (Å²) in [7, 11) is 0. The zero-order valence-electron chi connectivity index (χ0n) is 11.9. The van der Waals surface area contributed by atoms with Crippen LogP contribution in [-0.4, -0.2) is 43.6 Å². The van der Waals surface area contributed by atoms with Crippen LogP contribution >= 0.6 is 0 Å². The Morgan fingerprint density at radius 2 is 1.95 bits per heavy atom. The van der Waals surface area contributed by atoms with Gasteiger partial charge in [0.05, 0.1) is 11.6 Å². The van der Waals surface area contributed by atoms with Crippen molar-refractivity contribution in [2.75, 3.05) is 32.8 Å². The lowest BCUT2D eigenvalue weighted by atomic mass is 10.1. The monoisotopic (exact) mass is 273 g/mol. The smallest absolute Gasteiger partial charge is 0.260 e. The predicted octanol–water partition coefficient (Wildman–Crippen LogP) is 0.986. The van der Waals surface area contributed by atoms with Crippen LogP contribution in [0.1, 0.15) is 16.7 Å². The molecule has 0 atom stereocenters. The summed E-state index contributed by atoms with van der Waals surface area (Å²) in [5.41, 5.74) is 2.38. The van der Waals surface area contributed by atoms with Crippen LogP contribution in [0, 0.1) is 25.2 Å². The second-order valence-electron chi connectivity index (χ2n) is 4.97. The molecule has 0 aromatic heterocycles. The fourth-order valence-electron chi connectivity index (χ4n) is 2.38. The molecule has 0 aliphatic carbocycles. The van der Waals surface area contributed by atoms with Crippen molar-refractivity contribution < 1.29 is 9.53 Å². The number of nitriles is 1. The normalized spacial score (nSPS) is 14.8. The summed E-state index contributed by atoms with van der Waals surface area (Å²) in [6, 6.07) is 5.67. The molecule has 0 saturated carbocycles. The number of carbonyl (C=O) groups is 1. The maximum Gasteiger partial charge on any atom is 0.260 e. The molecule has 1 aliphatic heterocycles. The van der Waals surface area contributed by atoms with Gasteiger partial charge in [-0.15, -0.1) is 0 Å².